The van der Waals surface area contributed by atoms with Gasteiger partial charge in [-0.2, -0.15) is 0 Å². The molecule has 0 heterocycles. The molecule has 0 fully saturated rings. The topological polar surface area (TPSA) is 37.3 Å². The summed E-state index contributed by atoms with van der Waals surface area (Å²) < 4.78 is 0. The maximum atomic E-state index is 12.7. The van der Waals surface area contributed by atoms with Crippen molar-refractivity contribution in [3.8, 4) is 11.1 Å². The van der Waals surface area contributed by atoms with Crippen molar-refractivity contribution in [2.45, 2.75) is 10.3 Å². The third-order valence-electron chi connectivity index (χ3n) is 3.49. The molecule has 0 amide bonds. The molecule has 0 aromatic heterocycles. The lowest BCUT2D eigenvalue weighted by atomic mass is 9.97. The summed E-state index contributed by atoms with van der Waals surface area (Å²) in [5.41, 5.74) is 1.22. The highest BCUT2D eigenvalue weighted by Crippen LogP contribution is 2.29. The van der Waals surface area contributed by atoms with Crippen molar-refractivity contribution in [3.63, 3.8) is 0 Å². The Morgan fingerprint density at radius 1 is 0.783 bits per heavy atom. The van der Waals surface area contributed by atoms with Crippen LogP contribution in [0, 0.1) is 0 Å². The molecule has 1 N–H and O–H groups in total. The van der Waals surface area contributed by atoms with Crippen LogP contribution in [0.4, 0.5) is 0 Å². The second kappa shape index (κ2) is 7.27. The van der Waals surface area contributed by atoms with E-state index < -0.39 is 5.44 Å². The number of carbonyl (C=O) groups is 1. The quantitative estimate of drug-likeness (QED) is 0.422. The minimum Gasteiger partial charge on any atom is -0.374 e. The van der Waals surface area contributed by atoms with E-state index >= 15 is 0 Å². The van der Waals surface area contributed by atoms with E-state index in [1.807, 2.05) is 78.9 Å². The van der Waals surface area contributed by atoms with E-state index in [0.29, 0.717) is 5.56 Å². The average Bonchev–Trinajstić information content (AvgIpc) is 2.62. The fourth-order valence-corrected chi connectivity index (χ4v) is 3.19. The van der Waals surface area contributed by atoms with E-state index in [1.165, 1.54) is 0 Å². The van der Waals surface area contributed by atoms with Gasteiger partial charge in [-0.3, -0.25) is 4.79 Å². The molecule has 0 aliphatic rings. The second-order valence-corrected chi connectivity index (χ2v) is 6.21. The van der Waals surface area contributed by atoms with E-state index in [4.69, 9.17) is 0 Å². The lowest BCUT2D eigenvalue weighted by Crippen LogP contribution is -2.17. The van der Waals surface area contributed by atoms with Crippen LogP contribution in [0.3, 0.4) is 0 Å². The monoisotopic (exact) mass is 320 g/mol. The standard InChI is InChI=1S/C20H16O2S/c21-19(20(22)23-16-11-5-2-6-12-16)18-14-8-7-13-17(18)15-9-3-1-4-10-15/h1-14,20,22H. The number of thioether (sulfide) groups is 1. The lowest BCUT2D eigenvalue weighted by molar-refractivity contribution is 0.0869. The molecule has 3 aromatic rings. The number of ketones is 1. The van der Waals surface area contributed by atoms with E-state index in [0.717, 1.165) is 27.8 Å². The molecular formula is C20H16O2S. The summed E-state index contributed by atoms with van der Waals surface area (Å²) in [7, 11) is 0. The summed E-state index contributed by atoms with van der Waals surface area (Å²) in [5.74, 6) is -0.279. The third-order valence-corrected chi connectivity index (χ3v) is 4.47. The number of aliphatic hydroxyl groups excluding tert-OH is 1. The van der Waals surface area contributed by atoms with Gasteiger partial charge in [-0.15, -0.1) is 0 Å². The minimum atomic E-state index is -1.12. The summed E-state index contributed by atoms with van der Waals surface area (Å²) in [6.45, 7) is 0. The van der Waals surface area contributed by atoms with Crippen LogP contribution in [0.2, 0.25) is 0 Å². The molecule has 1 atom stereocenters. The second-order valence-electron chi connectivity index (χ2n) is 5.06. The highest BCUT2D eigenvalue weighted by Gasteiger charge is 2.21. The first kappa shape index (κ1) is 15.5. The lowest BCUT2D eigenvalue weighted by Gasteiger charge is -2.13. The van der Waals surface area contributed by atoms with Gasteiger partial charge in [0.05, 0.1) is 0 Å². The highest BCUT2D eigenvalue weighted by molar-refractivity contribution is 8.00. The number of benzene rings is 3. The summed E-state index contributed by atoms with van der Waals surface area (Å²) >= 11 is 1.16. The Morgan fingerprint density at radius 3 is 2.04 bits per heavy atom. The first-order valence-electron chi connectivity index (χ1n) is 7.34. The number of Topliss-reactive ketones (excluding diaryl/α,β-unsaturated/α-hetero) is 1. The fourth-order valence-electron chi connectivity index (χ4n) is 2.38. The molecule has 0 saturated carbocycles. The SMILES string of the molecule is O=C(c1ccccc1-c1ccccc1)C(O)Sc1ccccc1. The Morgan fingerprint density at radius 2 is 1.35 bits per heavy atom. The van der Waals surface area contributed by atoms with Crippen LogP contribution in [0.15, 0.2) is 89.8 Å². The molecule has 1 unspecified atom stereocenters. The van der Waals surface area contributed by atoms with Gasteiger partial charge < -0.3 is 5.11 Å². The predicted octanol–water partition coefficient (Wildman–Crippen LogP) is 4.65. The van der Waals surface area contributed by atoms with Gasteiger partial charge in [0.2, 0.25) is 5.78 Å². The van der Waals surface area contributed by atoms with E-state index in [-0.39, 0.29) is 5.78 Å². The van der Waals surface area contributed by atoms with Gasteiger partial charge >= 0.3 is 0 Å². The first-order valence-corrected chi connectivity index (χ1v) is 8.22. The number of hydrogen-bond donors (Lipinski definition) is 1. The van der Waals surface area contributed by atoms with Crippen molar-refractivity contribution < 1.29 is 9.90 Å². The molecule has 0 saturated heterocycles. The molecule has 0 aliphatic heterocycles. The zero-order valence-corrected chi connectivity index (χ0v) is 13.2. The van der Waals surface area contributed by atoms with Gasteiger partial charge in [0, 0.05) is 10.5 Å². The van der Waals surface area contributed by atoms with E-state index in [9.17, 15) is 9.90 Å². The van der Waals surface area contributed by atoms with Crippen LogP contribution in [0.5, 0.6) is 0 Å². The van der Waals surface area contributed by atoms with Crippen molar-refractivity contribution in [2.24, 2.45) is 0 Å². The molecule has 0 bridgehead atoms. The molecule has 3 rings (SSSR count). The molecule has 23 heavy (non-hydrogen) atoms. The maximum absolute atomic E-state index is 12.7. The number of carbonyl (C=O) groups excluding carboxylic acids is 1. The van der Waals surface area contributed by atoms with Crippen molar-refractivity contribution >= 4 is 17.5 Å². The smallest absolute Gasteiger partial charge is 0.202 e. The Bertz CT molecular complexity index is 785. The Labute approximate surface area is 139 Å². The molecular weight excluding hydrogens is 304 g/mol. The minimum absolute atomic E-state index is 0.279. The Balaban J connectivity index is 1.88. The van der Waals surface area contributed by atoms with Crippen LogP contribution >= 0.6 is 11.8 Å². The predicted molar refractivity (Wildman–Crippen MR) is 94.5 cm³/mol. The maximum Gasteiger partial charge on any atom is 0.202 e. The van der Waals surface area contributed by atoms with E-state index in [2.05, 4.69) is 0 Å². The van der Waals surface area contributed by atoms with Crippen LogP contribution in [0.25, 0.3) is 11.1 Å². The van der Waals surface area contributed by atoms with E-state index in [1.54, 1.807) is 6.07 Å². The van der Waals surface area contributed by atoms with Gasteiger partial charge in [0.15, 0.2) is 5.44 Å². The normalized spacial score (nSPS) is 11.9. The number of rotatable bonds is 5. The summed E-state index contributed by atoms with van der Waals surface area (Å²) in [6.07, 6.45) is 0. The third kappa shape index (κ3) is 3.70. The zero-order valence-electron chi connectivity index (χ0n) is 12.4. The molecule has 0 aliphatic carbocycles. The number of aliphatic hydroxyl groups is 1. The number of hydrogen-bond acceptors (Lipinski definition) is 3. The largest absolute Gasteiger partial charge is 0.374 e. The summed E-state index contributed by atoms with van der Waals surface area (Å²) in [4.78, 5) is 13.5. The van der Waals surface area contributed by atoms with Crippen molar-refractivity contribution in [1.29, 1.82) is 0 Å². The first-order chi connectivity index (χ1) is 11.3. The van der Waals surface area contributed by atoms with Gasteiger partial charge in [-0.1, -0.05) is 84.6 Å². The van der Waals surface area contributed by atoms with Crippen LogP contribution < -0.4 is 0 Å². The van der Waals surface area contributed by atoms with Gasteiger partial charge in [0.25, 0.3) is 0 Å². The van der Waals surface area contributed by atoms with Crippen LogP contribution in [-0.4, -0.2) is 16.3 Å². The van der Waals surface area contributed by atoms with Crippen LogP contribution in [0.1, 0.15) is 10.4 Å². The van der Waals surface area contributed by atoms with Crippen molar-refractivity contribution in [3.05, 3.63) is 90.5 Å². The Hall–Kier alpha value is -2.36. The molecule has 2 nitrogen and oxygen atoms in total. The van der Waals surface area contributed by atoms with Crippen LogP contribution in [-0.2, 0) is 0 Å². The highest BCUT2D eigenvalue weighted by atomic mass is 32.2. The summed E-state index contributed by atoms with van der Waals surface area (Å²) in [5, 5.41) is 10.3. The van der Waals surface area contributed by atoms with Gasteiger partial charge in [-0.05, 0) is 23.3 Å². The fraction of sp³-hybridized carbons (Fsp3) is 0.0500. The average molecular weight is 320 g/mol. The van der Waals surface area contributed by atoms with Gasteiger partial charge in [0.1, 0.15) is 0 Å². The summed E-state index contributed by atoms with van der Waals surface area (Å²) in [6, 6.07) is 26.6. The van der Waals surface area contributed by atoms with Crippen molar-refractivity contribution in [2.75, 3.05) is 0 Å². The zero-order chi connectivity index (χ0) is 16.1. The van der Waals surface area contributed by atoms with Crippen molar-refractivity contribution in [1.82, 2.24) is 0 Å². The van der Waals surface area contributed by atoms with Gasteiger partial charge in [-0.25, -0.2) is 0 Å². The molecule has 0 radical (unpaired) electrons. The Kier molecular flexibility index (Phi) is 4.91. The molecule has 3 aromatic carbocycles. The molecule has 0 spiro atoms. The molecule has 114 valence electrons. The molecule has 3 heteroatoms.